The molecule has 0 aromatic rings. The highest BCUT2D eigenvalue weighted by atomic mass is 32.1. The molecule has 68 valence electrons. The van der Waals surface area contributed by atoms with Crippen molar-refractivity contribution < 1.29 is 9.53 Å². The van der Waals surface area contributed by atoms with Crippen LogP contribution in [0.3, 0.4) is 0 Å². The maximum absolute atomic E-state index is 11.2. The van der Waals surface area contributed by atoms with Crippen LogP contribution in [-0.2, 0) is 9.53 Å². The minimum Gasteiger partial charge on any atom is -0.383 e. The van der Waals surface area contributed by atoms with Crippen LogP contribution in [0.15, 0.2) is 0 Å². The maximum Gasteiger partial charge on any atom is 0.248 e. The molecule has 0 spiro atoms. The molecule has 1 saturated heterocycles. The molecule has 1 rings (SSSR count). The Morgan fingerprint density at radius 1 is 1.83 bits per heavy atom. The fourth-order valence-electron chi connectivity index (χ4n) is 1.20. The average molecular weight is 188 g/mol. The minimum absolute atomic E-state index is 0.0181. The van der Waals surface area contributed by atoms with Crippen LogP contribution in [0.2, 0.25) is 0 Å². The van der Waals surface area contributed by atoms with E-state index in [4.69, 9.17) is 17.0 Å². The molecule has 1 heterocycles. The SMILES string of the molecule is COCC(C)N1C(=O)CNC1=S. The predicted octanol–water partition coefficient (Wildman–Crippen LogP) is -0.262. The second-order valence-corrected chi connectivity index (χ2v) is 3.11. The third kappa shape index (κ3) is 1.73. The molecule has 1 unspecified atom stereocenters. The number of hydrogen-bond acceptors (Lipinski definition) is 3. The molecule has 0 saturated carbocycles. The van der Waals surface area contributed by atoms with E-state index in [1.165, 1.54) is 0 Å². The number of rotatable bonds is 3. The van der Waals surface area contributed by atoms with Crippen molar-refractivity contribution in [2.24, 2.45) is 0 Å². The summed E-state index contributed by atoms with van der Waals surface area (Å²) in [4.78, 5) is 12.8. The van der Waals surface area contributed by atoms with E-state index >= 15 is 0 Å². The lowest BCUT2D eigenvalue weighted by atomic mass is 10.3. The summed E-state index contributed by atoms with van der Waals surface area (Å²) in [5, 5.41) is 3.32. The number of nitrogens with zero attached hydrogens (tertiary/aromatic N) is 1. The molecular formula is C7H12N2O2S. The van der Waals surface area contributed by atoms with Gasteiger partial charge in [0.05, 0.1) is 19.2 Å². The molecule has 0 radical (unpaired) electrons. The molecule has 5 heteroatoms. The first-order valence-electron chi connectivity index (χ1n) is 3.75. The highest BCUT2D eigenvalue weighted by Gasteiger charge is 2.29. The highest BCUT2D eigenvalue weighted by Crippen LogP contribution is 2.05. The maximum atomic E-state index is 11.2. The Bertz CT molecular complexity index is 192. The predicted molar refractivity (Wildman–Crippen MR) is 48.8 cm³/mol. The quantitative estimate of drug-likeness (QED) is 0.619. The Labute approximate surface area is 76.9 Å². The lowest BCUT2D eigenvalue weighted by Crippen LogP contribution is -2.41. The van der Waals surface area contributed by atoms with E-state index in [-0.39, 0.29) is 11.9 Å². The third-order valence-corrected chi connectivity index (χ3v) is 2.07. The van der Waals surface area contributed by atoms with Crippen LogP contribution >= 0.6 is 12.2 Å². The van der Waals surface area contributed by atoms with E-state index < -0.39 is 0 Å². The van der Waals surface area contributed by atoms with Crippen molar-refractivity contribution >= 4 is 23.2 Å². The summed E-state index contributed by atoms with van der Waals surface area (Å²) < 4.78 is 4.93. The summed E-state index contributed by atoms with van der Waals surface area (Å²) in [5.74, 6) is 0.0181. The Hall–Kier alpha value is -0.680. The van der Waals surface area contributed by atoms with Gasteiger partial charge in [-0.15, -0.1) is 0 Å². The molecule has 0 aliphatic carbocycles. The van der Waals surface area contributed by atoms with Gasteiger partial charge in [0, 0.05) is 7.11 Å². The number of carbonyl (C=O) groups is 1. The molecule has 0 bridgehead atoms. The average Bonchev–Trinajstić information content (AvgIpc) is 2.32. The number of ether oxygens (including phenoxy) is 1. The van der Waals surface area contributed by atoms with Crippen LogP contribution in [0.25, 0.3) is 0 Å². The van der Waals surface area contributed by atoms with Gasteiger partial charge in [0.2, 0.25) is 5.91 Å². The van der Waals surface area contributed by atoms with Crippen molar-refractivity contribution in [1.82, 2.24) is 10.2 Å². The van der Waals surface area contributed by atoms with Gasteiger partial charge < -0.3 is 10.1 Å². The largest absolute Gasteiger partial charge is 0.383 e. The minimum atomic E-state index is 0.0181. The number of thiocarbonyl (C=S) groups is 1. The molecule has 1 aliphatic rings. The lowest BCUT2D eigenvalue weighted by Gasteiger charge is -2.21. The summed E-state index contributed by atoms with van der Waals surface area (Å²) in [6.45, 7) is 2.72. The van der Waals surface area contributed by atoms with Crippen molar-refractivity contribution in [3.8, 4) is 0 Å². The van der Waals surface area contributed by atoms with E-state index in [1.807, 2.05) is 6.92 Å². The molecule has 4 nitrogen and oxygen atoms in total. The summed E-state index contributed by atoms with van der Waals surface area (Å²) >= 11 is 4.95. The Morgan fingerprint density at radius 3 is 2.92 bits per heavy atom. The van der Waals surface area contributed by atoms with E-state index in [9.17, 15) is 4.79 Å². The van der Waals surface area contributed by atoms with Crippen molar-refractivity contribution in [2.45, 2.75) is 13.0 Å². The van der Waals surface area contributed by atoms with E-state index in [1.54, 1.807) is 12.0 Å². The molecular weight excluding hydrogens is 176 g/mol. The van der Waals surface area contributed by atoms with Crippen molar-refractivity contribution in [2.75, 3.05) is 20.3 Å². The first-order chi connectivity index (χ1) is 5.66. The lowest BCUT2D eigenvalue weighted by molar-refractivity contribution is -0.126. The van der Waals surface area contributed by atoms with Crippen LogP contribution in [0.4, 0.5) is 0 Å². The number of carbonyl (C=O) groups excluding carboxylic acids is 1. The topological polar surface area (TPSA) is 41.6 Å². The number of amides is 1. The third-order valence-electron chi connectivity index (χ3n) is 1.73. The van der Waals surface area contributed by atoms with Crippen molar-refractivity contribution in [1.29, 1.82) is 0 Å². The fraction of sp³-hybridized carbons (Fsp3) is 0.714. The number of hydrogen-bond donors (Lipinski definition) is 1. The fourth-order valence-corrected chi connectivity index (χ4v) is 1.55. The monoisotopic (exact) mass is 188 g/mol. The van der Waals surface area contributed by atoms with Gasteiger partial charge in [0.1, 0.15) is 0 Å². The van der Waals surface area contributed by atoms with E-state index in [0.717, 1.165) is 0 Å². The first-order valence-corrected chi connectivity index (χ1v) is 4.16. The molecule has 0 aromatic heterocycles. The molecule has 1 amide bonds. The Kier molecular flexibility index (Phi) is 2.99. The van der Waals surface area contributed by atoms with E-state index in [2.05, 4.69) is 5.32 Å². The van der Waals surface area contributed by atoms with Gasteiger partial charge in [-0.25, -0.2) is 0 Å². The van der Waals surface area contributed by atoms with Crippen LogP contribution < -0.4 is 5.32 Å². The van der Waals surface area contributed by atoms with Crippen LogP contribution in [0, 0.1) is 0 Å². The van der Waals surface area contributed by atoms with Gasteiger partial charge in [-0.05, 0) is 19.1 Å². The summed E-state index contributed by atoms with van der Waals surface area (Å²) in [7, 11) is 1.60. The van der Waals surface area contributed by atoms with Crippen LogP contribution in [0.5, 0.6) is 0 Å². The number of methoxy groups -OCH3 is 1. The second kappa shape index (κ2) is 3.82. The summed E-state index contributed by atoms with van der Waals surface area (Å²) in [5.41, 5.74) is 0. The molecule has 12 heavy (non-hydrogen) atoms. The first kappa shape index (κ1) is 9.41. The second-order valence-electron chi connectivity index (χ2n) is 2.73. The van der Waals surface area contributed by atoms with Gasteiger partial charge in [-0.3, -0.25) is 9.69 Å². The zero-order valence-electron chi connectivity index (χ0n) is 7.16. The zero-order chi connectivity index (χ0) is 9.14. The van der Waals surface area contributed by atoms with Gasteiger partial charge in [0.15, 0.2) is 5.11 Å². The smallest absolute Gasteiger partial charge is 0.248 e. The van der Waals surface area contributed by atoms with Crippen molar-refractivity contribution in [3.05, 3.63) is 0 Å². The van der Waals surface area contributed by atoms with Crippen molar-refractivity contribution in [3.63, 3.8) is 0 Å². The summed E-state index contributed by atoms with van der Waals surface area (Å²) in [6, 6.07) is 0.0185. The highest BCUT2D eigenvalue weighted by molar-refractivity contribution is 7.80. The van der Waals surface area contributed by atoms with Crippen LogP contribution in [-0.4, -0.2) is 42.2 Å². The zero-order valence-corrected chi connectivity index (χ0v) is 7.98. The molecule has 1 fully saturated rings. The van der Waals surface area contributed by atoms with Gasteiger partial charge in [-0.1, -0.05) is 0 Å². The van der Waals surface area contributed by atoms with Gasteiger partial charge >= 0.3 is 0 Å². The summed E-state index contributed by atoms with van der Waals surface area (Å²) in [6.07, 6.45) is 0. The molecule has 0 aromatic carbocycles. The van der Waals surface area contributed by atoms with Gasteiger partial charge in [-0.2, -0.15) is 0 Å². The molecule has 1 atom stereocenters. The molecule has 1 aliphatic heterocycles. The van der Waals surface area contributed by atoms with Gasteiger partial charge in [0.25, 0.3) is 0 Å². The standard InChI is InChI=1S/C7H12N2O2S/c1-5(4-11-2)9-6(10)3-8-7(9)12/h5H,3-4H2,1-2H3,(H,8,12). The van der Waals surface area contributed by atoms with Crippen LogP contribution in [0.1, 0.15) is 6.92 Å². The number of nitrogens with one attached hydrogen (secondary N) is 1. The Balaban J connectivity index is 2.59. The normalized spacial score (nSPS) is 19.7. The van der Waals surface area contributed by atoms with E-state index in [0.29, 0.717) is 18.3 Å². The Morgan fingerprint density at radius 2 is 2.50 bits per heavy atom. The molecule has 1 N–H and O–H groups in total.